The van der Waals surface area contributed by atoms with Crippen molar-refractivity contribution in [2.45, 2.75) is 45.2 Å². The molecule has 1 fully saturated rings. The van der Waals surface area contributed by atoms with Crippen molar-refractivity contribution in [2.75, 3.05) is 40.3 Å². The minimum absolute atomic E-state index is 0.0186. The number of Topliss-reactive ketones (excluding diaryl/α,β-unsaturated/α-hetero) is 1. The van der Waals surface area contributed by atoms with Crippen molar-refractivity contribution in [1.29, 1.82) is 0 Å². The first-order valence-corrected chi connectivity index (χ1v) is 9.50. The number of pyridine rings is 1. The van der Waals surface area contributed by atoms with Crippen LogP contribution in [0.15, 0.2) is 24.5 Å². The molecule has 6 heteroatoms. The molecule has 0 spiro atoms. The summed E-state index contributed by atoms with van der Waals surface area (Å²) >= 11 is 0. The zero-order valence-electron chi connectivity index (χ0n) is 16.5. The van der Waals surface area contributed by atoms with Gasteiger partial charge in [-0.25, -0.2) is 0 Å². The molecule has 1 aliphatic rings. The second kappa shape index (κ2) is 9.78. The van der Waals surface area contributed by atoms with E-state index in [0.717, 1.165) is 32.6 Å². The third kappa shape index (κ3) is 5.88. The van der Waals surface area contributed by atoms with Crippen molar-refractivity contribution >= 4 is 11.7 Å². The summed E-state index contributed by atoms with van der Waals surface area (Å²) in [6.07, 6.45) is 4.85. The average Bonchev–Trinajstić information content (AvgIpc) is 2.62. The fraction of sp³-hybridized carbons (Fsp3) is 0.650. The second-order valence-electron chi connectivity index (χ2n) is 7.56. The van der Waals surface area contributed by atoms with Gasteiger partial charge < -0.3 is 9.80 Å². The Bertz CT molecular complexity index is 579. The standard InChI is InChI=1S/C20H32N4O2/c1-16-14-23(15-17(2)24(16)12-6-11-22(3)4)20(26)9-8-19(25)18-7-5-10-21-13-18/h5,7,10,13,16-17H,6,8-9,11-12,14-15H2,1-4H3. The topological polar surface area (TPSA) is 56.8 Å². The largest absolute Gasteiger partial charge is 0.340 e. The zero-order valence-corrected chi connectivity index (χ0v) is 16.5. The molecule has 2 atom stereocenters. The first-order valence-electron chi connectivity index (χ1n) is 9.50. The molecule has 1 aliphatic heterocycles. The molecule has 6 nitrogen and oxygen atoms in total. The van der Waals surface area contributed by atoms with Gasteiger partial charge in [0.1, 0.15) is 0 Å². The van der Waals surface area contributed by atoms with Gasteiger partial charge in [-0.15, -0.1) is 0 Å². The summed E-state index contributed by atoms with van der Waals surface area (Å²) < 4.78 is 0. The highest BCUT2D eigenvalue weighted by Crippen LogP contribution is 2.17. The van der Waals surface area contributed by atoms with Crippen LogP contribution in [0.1, 0.15) is 43.5 Å². The number of amides is 1. The van der Waals surface area contributed by atoms with Crippen LogP contribution in [0.3, 0.4) is 0 Å². The van der Waals surface area contributed by atoms with E-state index in [1.165, 1.54) is 0 Å². The number of ketones is 1. The summed E-state index contributed by atoms with van der Waals surface area (Å²) in [6.45, 7) is 7.99. The Morgan fingerprint density at radius 1 is 1.19 bits per heavy atom. The molecule has 2 unspecified atom stereocenters. The molecular formula is C20H32N4O2. The average molecular weight is 361 g/mol. The lowest BCUT2D eigenvalue weighted by Gasteiger charge is -2.44. The van der Waals surface area contributed by atoms with Gasteiger partial charge in [0, 0.05) is 62.5 Å². The number of nitrogens with zero attached hydrogens (tertiary/aromatic N) is 4. The Morgan fingerprint density at radius 3 is 2.46 bits per heavy atom. The Labute approximate surface area is 157 Å². The molecule has 1 aromatic heterocycles. The van der Waals surface area contributed by atoms with E-state index in [0.29, 0.717) is 17.6 Å². The molecule has 0 aromatic carbocycles. The van der Waals surface area contributed by atoms with E-state index in [9.17, 15) is 9.59 Å². The maximum Gasteiger partial charge on any atom is 0.223 e. The van der Waals surface area contributed by atoms with Gasteiger partial charge in [0.2, 0.25) is 5.91 Å². The molecule has 26 heavy (non-hydrogen) atoms. The molecule has 0 bridgehead atoms. The van der Waals surface area contributed by atoms with Crippen LogP contribution in [0.5, 0.6) is 0 Å². The van der Waals surface area contributed by atoms with Crippen LogP contribution >= 0.6 is 0 Å². The monoisotopic (exact) mass is 360 g/mol. The second-order valence-corrected chi connectivity index (χ2v) is 7.56. The van der Waals surface area contributed by atoms with Crippen LogP contribution in [-0.2, 0) is 4.79 Å². The maximum absolute atomic E-state index is 12.6. The molecular weight excluding hydrogens is 328 g/mol. The van der Waals surface area contributed by atoms with Crippen molar-refractivity contribution in [3.63, 3.8) is 0 Å². The van der Waals surface area contributed by atoms with Crippen LogP contribution in [0, 0.1) is 0 Å². The molecule has 0 aliphatic carbocycles. The molecule has 144 valence electrons. The minimum Gasteiger partial charge on any atom is -0.340 e. The highest BCUT2D eigenvalue weighted by atomic mass is 16.2. The van der Waals surface area contributed by atoms with Crippen LogP contribution < -0.4 is 0 Å². The smallest absolute Gasteiger partial charge is 0.223 e. The summed E-state index contributed by atoms with van der Waals surface area (Å²) in [5, 5.41) is 0. The molecule has 1 saturated heterocycles. The zero-order chi connectivity index (χ0) is 19.1. The third-order valence-corrected chi connectivity index (χ3v) is 5.03. The number of hydrogen-bond acceptors (Lipinski definition) is 5. The molecule has 0 N–H and O–H groups in total. The molecule has 1 aromatic rings. The predicted molar refractivity (Wildman–Crippen MR) is 103 cm³/mol. The van der Waals surface area contributed by atoms with Crippen molar-refractivity contribution in [3.8, 4) is 0 Å². The van der Waals surface area contributed by atoms with Crippen LogP contribution in [0.2, 0.25) is 0 Å². The van der Waals surface area contributed by atoms with Gasteiger partial charge in [0.15, 0.2) is 5.78 Å². The van der Waals surface area contributed by atoms with Gasteiger partial charge >= 0.3 is 0 Å². The van der Waals surface area contributed by atoms with Crippen molar-refractivity contribution in [1.82, 2.24) is 19.7 Å². The van der Waals surface area contributed by atoms with Crippen molar-refractivity contribution in [3.05, 3.63) is 30.1 Å². The summed E-state index contributed by atoms with van der Waals surface area (Å²) in [5.41, 5.74) is 0.577. The normalized spacial score (nSPS) is 21.2. The quantitative estimate of drug-likeness (QED) is 0.663. The number of hydrogen-bond donors (Lipinski definition) is 0. The van der Waals surface area contributed by atoms with Crippen molar-refractivity contribution < 1.29 is 9.59 Å². The SMILES string of the molecule is CC1CN(C(=O)CCC(=O)c2cccnc2)CC(C)N1CCCN(C)C. The van der Waals surface area contributed by atoms with Gasteiger partial charge in [-0.3, -0.25) is 19.5 Å². The Hall–Kier alpha value is -1.79. The maximum atomic E-state index is 12.6. The van der Waals surface area contributed by atoms with E-state index in [4.69, 9.17) is 0 Å². The van der Waals surface area contributed by atoms with E-state index in [1.807, 2.05) is 4.90 Å². The summed E-state index contributed by atoms with van der Waals surface area (Å²) in [6, 6.07) is 4.18. The van der Waals surface area contributed by atoms with E-state index in [1.54, 1.807) is 24.5 Å². The van der Waals surface area contributed by atoms with E-state index >= 15 is 0 Å². The molecule has 2 heterocycles. The van der Waals surface area contributed by atoms with Crippen LogP contribution in [0.25, 0.3) is 0 Å². The molecule has 0 radical (unpaired) electrons. The van der Waals surface area contributed by atoms with Crippen LogP contribution in [0.4, 0.5) is 0 Å². The van der Waals surface area contributed by atoms with Gasteiger partial charge in [0.25, 0.3) is 0 Å². The lowest BCUT2D eigenvalue weighted by atomic mass is 10.0. The molecule has 2 rings (SSSR count). The van der Waals surface area contributed by atoms with Crippen molar-refractivity contribution in [2.24, 2.45) is 0 Å². The van der Waals surface area contributed by atoms with E-state index < -0.39 is 0 Å². The van der Waals surface area contributed by atoms with Gasteiger partial charge in [0.05, 0.1) is 0 Å². The number of carbonyl (C=O) groups is 2. The number of aromatic nitrogens is 1. The van der Waals surface area contributed by atoms with Gasteiger partial charge in [-0.2, -0.15) is 0 Å². The van der Waals surface area contributed by atoms with E-state index in [2.05, 4.69) is 42.7 Å². The third-order valence-electron chi connectivity index (χ3n) is 5.03. The van der Waals surface area contributed by atoms with Gasteiger partial charge in [-0.05, 0) is 53.0 Å². The first kappa shape index (κ1) is 20.5. The Morgan fingerprint density at radius 2 is 1.88 bits per heavy atom. The van der Waals surface area contributed by atoms with E-state index in [-0.39, 0.29) is 24.5 Å². The number of rotatable bonds is 8. The Balaban J connectivity index is 1.81. The summed E-state index contributed by atoms with van der Waals surface area (Å²) in [7, 11) is 4.19. The lowest BCUT2D eigenvalue weighted by molar-refractivity contribution is -0.135. The van der Waals surface area contributed by atoms with Crippen LogP contribution in [-0.4, -0.2) is 83.7 Å². The highest BCUT2D eigenvalue weighted by molar-refractivity contribution is 5.97. The fourth-order valence-electron chi connectivity index (χ4n) is 3.62. The molecule has 1 amide bonds. The number of piperazine rings is 1. The lowest BCUT2D eigenvalue weighted by Crippen LogP contribution is -2.58. The molecule has 0 saturated carbocycles. The first-order chi connectivity index (χ1) is 12.4. The highest BCUT2D eigenvalue weighted by Gasteiger charge is 2.31. The minimum atomic E-state index is -0.0186. The Kier molecular flexibility index (Phi) is 7.72. The number of carbonyl (C=O) groups excluding carboxylic acids is 2. The summed E-state index contributed by atoms with van der Waals surface area (Å²) in [4.78, 5) is 35.3. The summed E-state index contributed by atoms with van der Waals surface area (Å²) in [5.74, 6) is 0.0590. The van der Waals surface area contributed by atoms with Gasteiger partial charge in [-0.1, -0.05) is 0 Å². The fourth-order valence-corrected chi connectivity index (χ4v) is 3.62. The predicted octanol–water partition coefficient (Wildman–Crippen LogP) is 1.92.